The molecule has 2 heteroatoms. The van der Waals surface area contributed by atoms with Crippen LogP contribution in [0.5, 0.6) is 0 Å². The zero-order valence-corrected chi connectivity index (χ0v) is 1.97. The average molecular weight is 53.0 g/mol. The molecule has 0 rings (SSSR count). The molecule has 0 aromatic rings. The zero-order chi connectivity index (χ0) is 3.41. The molecule has 0 unspecified atom stereocenters. The first kappa shape index (κ1) is 3.16. The van der Waals surface area contributed by atoms with Gasteiger partial charge in [0.25, 0.3) is 0 Å². The van der Waals surface area contributed by atoms with Crippen molar-refractivity contribution in [3.8, 4) is 6.07 Å². The third kappa shape index (κ3) is 1.16. The molecule has 0 N–H and O–H groups in total. The highest BCUT2D eigenvalue weighted by Crippen LogP contribution is 1.26. The molecule has 0 aliphatic rings. The smallest absolute Gasteiger partial charge is 0.0656 e. The number of nitrogens with zero attached hydrogens (tertiary/aromatic N) is 2. The van der Waals surface area contributed by atoms with E-state index >= 15 is 0 Å². The molecule has 0 aromatic heterocycles. The van der Waals surface area contributed by atoms with E-state index in [1.165, 1.54) is 6.07 Å². The molecule has 0 radical (unpaired) electrons. The van der Waals surface area contributed by atoms with Crippen LogP contribution in [-0.4, -0.2) is 6.21 Å². The minimum absolute atomic E-state index is 0.431. The maximum Gasteiger partial charge on any atom is 0.0656 e. The van der Waals surface area contributed by atoms with Crippen molar-refractivity contribution >= 4 is 6.21 Å². The van der Waals surface area contributed by atoms with Gasteiger partial charge < -0.3 is 5.41 Å². The first-order valence-electron chi connectivity index (χ1n) is 0.770. The van der Waals surface area contributed by atoms with Crippen molar-refractivity contribution in [2.45, 2.75) is 0 Å². The topological polar surface area (TPSA) is 46.1 Å². The second-order valence-electron chi connectivity index (χ2n) is 0.258. The van der Waals surface area contributed by atoms with Gasteiger partial charge in [0.1, 0.15) is 0 Å². The summed E-state index contributed by atoms with van der Waals surface area (Å²) >= 11 is 0. The van der Waals surface area contributed by atoms with E-state index in [-0.39, 0.29) is 0 Å². The van der Waals surface area contributed by atoms with E-state index in [1.54, 1.807) is 0 Å². The number of nitriles is 1. The van der Waals surface area contributed by atoms with Crippen LogP contribution in [0.25, 0.3) is 5.41 Å². The van der Waals surface area contributed by atoms with Gasteiger partial charge in [-0.05, 0) is 0 Å². The van der Waals surface area contributed by atoms with Crippen LogP contribution in [0.3, 0.4) is 0 Å². The molecule has 0 aliphatic carbocycles. The molecule has 0 amide bonds. The van der Waals surface area contributed by atoms with Gasteiger partial charge in [-0.15, -0.1) is 6.21 Å². The van der Waals surface area contributed by atoms with Crippen LogP contribution < -0.4 is 0 Å². The third-order valence-electron chi connectivity index (χ3n) is 0.0577. The van der Waals surface area contributed by atoms with Gasteiger partial charge in [0.2, 0.25) is 0 Å². The van der Waals surface area contributed by atoms with Crippen molar-refractivity contribution in [2.24, 2.45) is 0 Å². The summed E-state index contributed by atoms with van der Waals surface area (Å²) < 4.78 is 0. The van der Waals surface area contributed by atoms with Crippen molar-refractivity contribution in [3.05, 3.63) is 5.41 Å². The van der Waals surface area contributed by atoms with E-state index < -0.39 is 0 Å². The Hall–Kier alpha value is -0.840. The minimum atomic E-state index is 0.431. The van der Waals surface area contributed by atoms with Crippen molar-refractivity contribution in [1.29, 1.82) is 5.26 Å². The van der Waals surface area contributed by atoms with E-state index in [4.69, 9.17) is 10.7 Å². The lowest BCUT2D eigenvalue weighted by Gasteiger charge is -1.54. The molecule has 0 saturated carbocycles. The summed E-state index contributed by atoms with van der Waals surface area (Å²) in [6.07, 6.45) is 0.431. The Bertz CT molecular complexity index is 49.5. The number of rotatable bonds is 0. The van der Waals surface area contributed by atoms with Crippen LogP contribution in [0.15, 0.2) is 0 Å². The summed E-state index contributed by atoms with van der Waals surface area (Å²) in [4.78, 5) is 0. The van der Waals surface area contributed by atoms with Crippen molar-refractivity contribution in [1.82, 2.24) is 0 Å². The van der Waals surface area contributed by atoms with Gasteiger partial charge in [0.05, 0.1) is 6.07 Å². The number of hydrogen-bond donors (Lipinski definition) is 0. The fourth-order valence-electron chi connectivity index (χ4n) is 0. The van der Waals surface area contributed by atoms with E-state index in [1.807, 2.05) is 0 Å². The van der Waals surface area contributed by atoms with Gasteiger partial charge in [-0.3, -0.25) is 0 Å². The van der Waals surface area contributed by atoms with Crippen molar-refractivity contribution in [2.75, 3.05) is 0 Å². The van der Waals surface area contributed by atoms with Crippen molar-refractivity contribution < 1.29 is 0 Å². The van der Waals surface area contributed by atoms with Crippen LogP contribution in [0.2, 0.25) is 0 Å². The van der Waals surface area contributed by atoms with E-state index in [9.17, 15) is 0 Å². The second kappa shape index (κ2) is 2.16. The predicted octanol–water partition coefficient (Wildman–Crippen LogP) is 0.150. The Labute approximate surface area is 24.2 Å². The average Bonchev–Trinajstić information content (AvgIpc) is 1.37. The fraction of sp³-hybridized carbons (Fsp3) is 0. The van der Waals surface area contributed by atoms with Crippen LogP contribution in [0, 0.1) is 11.3 Å². The summed E-state index contributed by atoms with van der Waals surface area (Å²) in [5.74, 6) is 0. The Morgan fingerprint density at radius 1 is 2.00 bits per heavy atom. The Kier molecular flexibility index (Phi) is 1.71. The fourth-order valence-corrected chi connectivity index (χ4v) is 0. The molecule has 4 heavy (non-hydrogen) atoms. The first-order chi connectivity index (χ1) is 1.91. The molecule has 0 fully saturated rings. The highest BCUT2D eigenvalue weighted by atomic mass is 14.3. The molecule has 0 heterocycles. The summed E-state index contributed by atoms with van der Waals surface area (Å²) in [5, 5.41) is 14.7. The first-order valence-corrected chi connectivity index (χ1v) is 0.770. The summed E-state index contributed by atoms with van der Waals surface area (Å²) in [7, 11) is 0. The molecule has 0 bridgehead atoms. The Morgan fingerprint density at radius 2 is 2.25 bits per heavy atom. The zero-order valence-electron chi connectivity index (χ0n) is 1.97. The minimum Gasteiger partial charge on any atom is -0.801 e. The van der Waals surface area contributed by atoms with Crippen molar-refractivity contribution in [3.63, 3.8) is 0 Å². The molecule has 0 spiro atoms. The lowest BCUT2D eigenvalue weighted by molar-refractivity contribution is 1.56. The van der Waals surface area contributed by atoms with E-state index in [2.05, 4.69) is 0 Å². The molecule has 0 saturated heterocycles. The van der Waals surface area contributed by atoms with Gasteiger partial charge in [-0.1, -0.05) is 0 Å². The highest BCUT2D eigenvalue weighted by molar-refractivity contribution is 5.77. The quantitative estimate of drug-likeness (QED) is 0.362. The molecule has 2 nitrogen and oxygen atoms in total. The van der Waals surface area contributed by atoms with E-state index in [0.29, 0.717) is 6.21 Å². The lowest BCUT2D eigenvalue weighted by atomic mass is 10.9. The van der Waals surface area contributed by atoms with Gasteiger partial charge in [0, 0.05) is 0 Å². The van der Waals surface area contributed by atoms with Gasteiger partial charge in [-0.25, -0.2) is 0 Å². The van der Waals surface area contributed by atoms with Crippen LogP contribution in [-0.2, 0) is 0 Å². The maximum atomic E-state index is 7.39. The van der Waals surface area contributed by atoms with Gasteiger partial charge in [-0.2, -0.15) is 5.26 Å². The normalized spacial score (nSPS) is 3.75. The Morgan fingerprint density at radius 3 is 2.25 bits per heavy atom. The molecule has 0 atom stereocenters. The van der Waals surface area contributed by atoms with Crippen LogP contribution in [0.4, 0.5) is 0 Å². The summed E-state index contributed by atoms with van der Waals surface area (Å²) in [6.45, 7) is 0. The second-order valence-corrected chi connectivity index (χ2v) is 0.258. The largest absolute Gasteiger partial charge is 0.801 e. The monoisotopic (exact) mass is 53.0 g/mol. The SMILES string of the molecule is N#CC=[N-]. The lowest BCUT2D eigenvalue weighted by Crippen LogP contribution is -1.42. The van der Waals surface area contributed by atoms with Crippen LogP contribution in [0.1, 0.15) is 0 Å². The number of hydrogen-bond acceptors (Lipinski definition) is 1. The molecule has 0 aliphatic heterocycles. The summed E-state index contributed by atoms with van der Waals surface area (Å²) in [6, 6.07) is 1.36. The third-order valence-corrected chi connectivity index (χ3v) is 0.0577. The maximum absolute atomic E-state index is 7.39. The standard InChI is InChI=1S/C2HN2/c3-1-2-4/h1H/q-1. The molecule has 0 aromatic carbocycles. The van der Waals surface area contributed by atoms with Gasteiger partial charge in [0.15, 0.2) is 0 Å². The van der Waals surface area contributed by atoms with E-state index in [0.717, 1.165) is 0 Å². The Balaban J connectivity index is 2.92. The van der Waals surface area contributed by atoms with Crippen LogP contribution >= 0.6 is 0 Å². The molecular formula is C2HN2-. The predicted molar refractivity (Wildman–Crippen MR) is 15.0 cm³/mol. The molecular weight excluding hydrogens is 52.0 g/mol. The summed E-state index contributed by atoms with van der Waals surface area (Å²) in [5.41, 5.74) is 0. The van der Waals surface area contributed by atoms with Gasteiger partial charge >= 0.3 is 0 Å². The molecule has 20 valence electrons. The highest BCUT2D eigenvalue weighted by Gasteiger charge is 1.22.